The van der Waals surface area contributed by atoms with Crippen molar-refractivity contribution in [3.63, 3.8) is 0 Å². The molecule has 0 aromatic heterocycles. The maximum Gasteiger partial charge on any atom is 0.308 e. The molecule has 0 bridgehead atoms. The van der Waals surface area contributed by atoms with Crippen LogP contribution in [0.5, 0.6) is 11.5 Å². The fourth-order valence-electron chi connectivity index (χ4n) is 4.56. The highest BCUT2D eigenvalue weighted by Crippen LogP contribution is 2.54. The lowest BCUT2D eigenvalue weighted by Gasteiger charge is -2.47. The SMILES string of the molecule is CCCCCc1cc(OC(C)=O)c2c(c1)OC(C)(C)C1CC=C(C)CC21. The van der Waals surface area contributed by atoms with Gasteiger partial charge in [0.1, 0.15) is 17.1 Å². The Bertz CT molecular complexity index is 714. The van der Waals surface area contributed by atoms with E-state index in [-0.39, 0.29) is 11.6 Å². The molecule has 0 spiro atoms. The van der Waals surface area contributed by atoms with Crippen LogP contribution < -0.4 is 9.47 Å². The van der Waals surface area contributed by atoms with E-state index >= 15 is 0 Å². The Morgan fingerprint density at radius 2 is 2.08 bits per heavy atom. The molecule has 1 aliphatic carbocycles. The van der Waals surface area contributed by atoms with Gasteiger partial charge in [-0.15, -0.1) is 0 Å². The summed E-state index contributed by atoms with van der Waals surface area (Å²) in [5, 5.41) is 0. The van der Waals surface area contributed by atoms with Crippen LogP contribution in [0, 0.1) is 5.92 Å². The molecule has 3 heteroatoms. The standard InChI is InChI=1S/C23H32O3/c1-6-7-8-9-17-13-20(25-16(3)24)22-18-12-15(2)10-11-19(18)23(4,5)26-21(22)14-17/h10,13-14,18-19H,6-9,11-12H2,1-5H3. The van der Waals surface area contributed by atoms with Crippen molar-refractivity contribution < 1.29 is 14.3 Å². The van der Waals surface area contributed by atoms with Gasteiger partial charge in [0.2, 0.25) is 0 Å². The predicted octanol–water partition coefficient (Wildman–Crippen LogP) is 5.96. The first-order chi connectivity index (χ1) is 12.3. The summed E-state index contributed by atoms with van der Waals surface area (Å²) in [6.45, 7) is 10.3. The second kappa shape index (κ2) is 7.46. The van der Waals surface area contributed by atoms with E-state index in [0.29, 0.717) is 17.6 Å². The van der Waals surface area contributed by atoms with Crippen molar-refractivity contribution >= 4 is 5.97 Å². The van der Waals surface area contributed by atoms with Gasteiger partial charge in [0.15, 0.2) is 0 Å². The molecule has 3 nitrogen and oxygen atoms in total. The van der Waals surface area contributed by atoms with E-state index in [1.165, 1.54) is 30.9 Å². The van der Waals surface area contributed by atoms with Crippen LogP contribution in [0.1, 0.15) is 83.8 Å². The minimum atomic E-state index is -0.262. The van der Waals surface area contributed by atoms with Gasteiger partial charge in [0.05, 0.1) is 0 Å². The topological polar surface area (TPSA) is 35.5 Å². The number of benzene rings is 1. The van der Waals surface area contributed by atoms with Gasteiger partial charge in [-0.1, -0.05) is 31.4 Å². The number of esters is 1. The number of rotatable bonds is 5. The second-order valence-electron chi connectivity index (χ2n) is 8.47. The molecule has 3 rings (SSSR count). The first kappa shape index (κ1) is 19.0. The number of ether oxygens (including phenoxy) is 2. The van der Waals surface area contributed by atoms with Crippen LogP contribution in [-0.2, 0) is 11.2 Å². The van der Waals surface area contributed by atoms with Crippen LogP contribution in [0.15, 0.2) is 23.8 Å². The molecular weight excluding hydrogens is 324 g/mol. The molecule has 0 radical (unpaired) electrons. The van der Waals surface area contributed by atoms with E-state index in [1.54, 1.807) is 0 Å². The van der Waals surface area contributed by atoms with Crippen LogP contribution in [0.3, 0.4) is 0 Å². The van der Waals surface area contributed by atoms with Crippen LogP contribution >= 0.6 is 0 Å². The maximum absolute atomic E-state index is 11.7. The number of hydrogen-bond donors (Lipinski definition) is 0. The Morgan fingerprint density at radius 3 is 2.77 bits per heavy atom. The van der Waals surface area contributed by atoms with Gasteiger partial charge in [-0.05, 0) is 64.2 Å². The largest absolute Gasteiger partial charge is 0.487 e. The Morgan fingerprint density at radius 1 is 1.31 bits per heavy atom. The Kier molecular flexibility index (Phi) is 5.45. The van der Waals surface area contributed by atoms with Crippen LogP contribution in [-0.4, -0.2) is 11.6 Å². The van der Waals surface area contributed by atoms with Crippen LogP contribution in [0.25, 0.3) is 0 Å². The predicted molar refractivity (Wildman–Crippen MR) is 105 cm³/mol. The van der Waals surface area contributed by atoms with Crippen molar-refractivity contribution in [1.29, 1.82) is 0 Å². The number of carbonyl (C=O) groups excluding carboxylic acids is 1. The number of allylic oxidation sites excluding steroid dienone is 2. The average Bonchev–Trinajstić information content (AvgIpc) is 2.53. The molecule has 26 heavy (non-hydrogen) atoms. The smallest absolute Gasteiger partial charge is 0.308 e. The molecule has 2 unspecified atom stereocenters. The molecule has 1 aromatic carbocycles. The summed E-state index contributed by atoms with van der Waals surface area (Å²) in [5.41, 5.74) is 3.49. The monoisotopic (exact) mass is 356 g/mol. The van der Waals surface area contributed by atoms with Gasteiger partial charge in [0.25, 0.3) is 0 Å². The third kappa shape index (κ3) is 3.82. The van der Waals surface area contributed by atoms with Crippen molar-refractivity contribution in [2.75, 3.05) is 0 Å². The van der Waals surface area contributed by atoms with Crippen molar-refractivity contribution in [2.24, 2.45) is 5.92 Å². The van der Waals surface area contributed by atoms with Crippen LogP contribution in [0.2, 0.25) is 0 Å². The minimum Gasteiger partial charge on any atom is -0.487 e. The van der Waals surface area contributed by atoms with Gasteiger partial charge < -0.3 is 9.47 Å². The summed E-state index contributed by atoms with van der Waals surface area (Å²) in [5.74, 6) is 2.11. The zero-order chi connectivity index (χ0) is 18.9. The van der Waals surface area contributed by atoms with Gasteiger partial charge >= 0.3 is 5.97 Å². The van der Waals surface area contributed by atoms with Crippen molar-refractivity contribution in [1.82, 2.24) is 0 Å². The normalized spacial score (nSPS) is 23.3. The molecule has 0 N–H and O–H groups in total. The first-order valence-electron chi connectivity index (χ1n) is 10.0. The molecule has 2 atom stereocenters. The second-order valence-corrected chi connectivity index (χ2v) is 8.47. The van der Waals surface area contributed by atoms with E-state index in [2.05, 4.69) is 45.9 Å². The van der Waals surface area contributed by atoms with Gasteiger partial charge in [0, 0.05) is 24.3 Å². The van der Waals surface area contributed by atoms with Crippen LogP contribution in [0.4, 0.5) is 0 Å². The molecule has 0 amide bonds. The van der Waals surface area contributed by atoms with E-state index < -0.39 is 0 Å². The maximum atomic E-state index is 11.7. The molecule has 1 aliphatic heterocycles. The zero-order valence-electron chi connectivity index (χ0n) is 16.9. The number of fused-ring (bicyclic) bond motifs is 3. The van der Waals surface area contributed by atoms with Crippen molar-refractivity contribution in [3.8, 4) is 11.5 Å². The molecule has 1 heterocycles. The lowest BCUT2D eigenvalue weighted by Crippen LogP contribution is -2.45. The molecule has 142 valence electrons. The summed E-state index contributed by atoms with van der Waals surface area (Å²) >= 11 is 0. The Hall–Kier alpha value is -1.77. The summed E-state index contributed by atoms with van der Waals surface area (Å²) in [4.78, 5) is 11.7. The molecule has 1 aromatic rings. The molecule has 2 aliphatic rings. The highest BCUT2D eigenvalue weighted by atomic mass is 16.5. The third-order valence-electron chi connectivity index (χ3n) is 5.87. The fraction of sp³-hybridized carbons (Fsp3) is 0.609. The number of unbranched alkanes of at least 4 members (excludes halogenated alkanes) is 2. The van der Waals surface area contributed by atoms with Crippen molar-refractivity contribution in [3.05, 3.63) is 34.9 Å². The number of carbonyl (C=O) groups is 1. The van der Waals surface area contributed by atoms with Crippen molar-refractivity contribution in [2.45, 2.75) is 84.7 Å². The van der Waals surface area contributed by atoms with E-state index in [4.69, 9.17) is 9.47 Å². The Labute approximate surface area is 157 Å². The third-order valence-corrected chi connectivity index (χ3v) is 5.87. The lowest BCUT2D eigenvalue weighted by atomic mass is 9.67. The van der Waals surface area contributed by atoms with Gasteiger partial charge in [-0.25, -0.2) is 0 Å². The first-order valence-corrected chi connectivity index (χ1v) is 10.0. The lowest BCUT2D eigenvalue weighted by molar-refractivity contribution is -0.132. The molecule has 0 saturated heterocycles. The summed E-state index contributed by atoms with van der Waals surface area (Å²) in [6, 6.07) is 4.26. The fourth-order valence-corrected chi connectivity index (χ4v) is 4.56. The molecule has 0 fully saturated rings. The quantitative estimate of drug-likeness (QED) is 0.283. The summed E-state index contributed by atoms with van der Waals surface area (Å²) < 4.78 is 12.1. The molecule has 0 saturated carbocycles. The van der Waals surface area contributed by atoms with Gasteiger partial charge in [-0.2, -0.15) is 0 Å². The number of aryl methyl sites for hydroxylation is 1. The van der Waals surface area contributed by atoms with E-state index in [0.717, 1.165) is 37.0 Å². The number of hydrogen-bond acceptors (Lipinski definition) is 3. The minimum absolute atomic E-state index is 0.218. The highest BCUT2D eigenvalue weighted by molar-refractivity contribution is 5.71. The summed E-state index contributed by atoms with van der Waals surface area (Å²) in [7, 11) is 0. The summed E-state index contributed by atoms with van der Waals surface area (Å²) in [6.07, 6.45) is 8.90. The Balaban J connectivity index is 2.05. The van der Waals surface area contributed by atoms with Gasteiger partial charge in [-0.3, -0.25) is 4.79 Å². The molecular formula is C23H32O3. The zero-order valence-corrected chi connectivity index (χ0v) is 16.9. The average molecular weight is 357 g/mol. The van der Waals surface area contributed by atoms with E-state index in [9.17, 15) is 4.79 Å². The van der Waals surface area contributed by atoms with E-state index in [1.807, 2.05) is 0 Å². The highest BCUT2D eigenvalue weighted by Gasteiger charge is 2.46.